The van der Waals surface area contributed by atoms with Crippen LogP contribution in [0.15, 0.2) is 46.2 Å². The van der Waals surface area contributed by atoms with E-state index in [0.29, 0.717) is 34.1 Å². The summed E-state index contributed by atoms with van der Waals surface area (Å²) in [6, 6.07) is 9.16. The third kappa shape index (κ3) is 29.3. The summed E-state index contributed by atoms with van der Waals surface area (Å²) in [5, 5.41) is 21.1. The Bertz CT molecular complexity index is 1260. The zero-order chi connectivity index (χ0) is 43.9. The molecule has 6 nitrogen and oxygen atoms in total. The highest BCUT2D eigenvalue weighted by Crippen LogP contribution is 2.40. The summed E-state index contributed by atoms with van der Waals surface area (Å²) < 4.78 is 11.1. The Morgan fingerprint density at radius 3 is 0.852 bits per heavy atom. The van der Waals surface area contributed by atoms with Gasteiger partial charge in [-0.25, -0.2) is 9.59 Å². The number of phenols is 2. The topological polar surface area (TPSA) is 93.1 Å². The average Bonchev–Trinajstić information content (AvgIpc) is 3.26. The maximum Gasteiger partial charge on any atom is 0.338 e. The molecule has 348 valence electrons. The van der Waals surface area contributed by atoms with Crippen molar-refractivity contribution in [2.45, 2.75) is 255 Å². The first-order chi connectivity index (χ1) is 30.0. The van der Waals surface area contributed by atoms with E-state index < -0.39 is 11.9 Å². The van der Waals surface area contributed by atoms with Crippen LogP contribution in [0.1, 0.15) is 266 Å². The maximum absolute atomic E-state index is 12.8. The molecule has 0 fully saturated rings. The van der Waals surface area contributed by atoms with E-state index in [1.807, 2.05) is 0 Å². The predicted octanol–water partition coefficient (Wildman–Crippen LogP) is 17.6. The molecule has 7 heteroatoms. The molecule has 2 aromatic carbocycles. The van der Waals surface area contributed by atoms with E-state index in [1.54, 1.807) is 24.3 Å². The van der Waals surface area contributed by atoms with Crippen LogP contribution in [0.25, 0.3) is 0 Å². The number of aromatic hydroxyl groups is 2. The number of benzene rings is 2. The molecule has 0 aliphatic heterocycles. The third-order valence-corrected chi connectivity index (χ3v) is 13.2. The molecule has 0 radical (unpaired) electrons. The molecule has 0 atom stereocenters. The number of hydrogen-bond acceptors (Lipinski definition) is 7. The molecule has 61 heavy (non-hydrogen) atoms. The number of rotatable bonds is 42. The summed E-state index contributed by atoms with van der Waals surface area (Å²) >= 11 is 1.09. The number of phenolic OH excluding ortho intramolecular Hbond substituents is 2. The highest BCUT2D eigenvalue weighted by molar-refractivity contribution is 7.99. The Kier molecular flexibility index (Phi) is 34.8. The summed E-state index contributed by atoms with van der Waals surface area (Å²) in [5.74, 6) is -0.914. The average molecular weight is 867 g/mol. The lowest BCUT2D eigenvalue weighted by molar-refractivity contribution is 0.0488. The van der Waals surface area contributed by atoms with Crippen LogP contribution in [0.3, 0.4) is 0 Å². The normalized spacial score (nSPS) is 11.3. The van der Waals surface area contributed by atoms with E-state index in [9.17, 15) is 19.8 Å². The highest BCUT2D eigenvalue weighted by Gasteiger charge is 2.16. The van der Waals surface area contributed by atoms with Crippen molar-refractivity contribution in [3.8, 4) is 11.5 Å². The SMILES string of the molecule is CCCCCCCCCCCCCCCCCCCCOC(=O)c1ccc(O)c(Sc2cc(C(=O)OCCCCCCCCCCCCCCCCCCCC)ccc2O)c1. The highest BCUT2D eigenvalue weighted by atomic mass is 32.2. The van der Waals surface area contributed by atoms with Gasteiger partial charge in [0.15, 0.2) is 0 Å². The summed E-state index contributed by atoms with van der Waals surface area (Å²) in [6.07, 6.45) is 47.2. The van der Waals surface area contributed by atoms with Crippen molar-refractivity contribution < 1.29 is 29.3 Å². The second-order valence-electron chi connectivity index (χ2n) is 17.8. The number of hydrogen-bond donors (Lipinski definition) is 2. The predicted molar refractivity (Wildman–Crippen MR) is 258 cm³/mol. The van der Waals surface area contributed by atoms with Crippen molar-refractivity contribution in [1.29, 1.82) is 0 Å². The first-order valence-electron chi connectivity index (χ1n) is 25.6. The van der Waals surface area contributed by atoms with Crippen molar-refractivity contribution in [3.63, 3.8) is 0 Å². The van der Waals surface area contributed by atoms with Gasteiger partial charge in [0.05, 0.1) is 34.1 Å². The van der Waals surface area contributed by atoms with Gasteiger partial charge in [0.2, 0.25) is 0 Å². The van der Waals surface area contributed by atoms with Crippen LogP contribution in [0.2, 0.25) is 0 Å². The van der Waals surface area contributed by atoms with Crippen LogP contribution in [-0.2, 0) is 9.47 Å². The lowest BCUT2D eigenvalue weighted by Gasteiger charge is -2.11. The minimum absolute atomic E-state index is 0.0217. The van der Waals surface area contributed by atoms with Gasteiger partial charge in [-0.15, -0.1) is 0 Å². The third-order valence-electron chi connectivity index (χ3n) is 12.1. The minimum atomic E-state index is -0.435. The molecule has 0 saturated carbocycles. The lowest BCUT2D eigenvalue weighted by atomic mass is 10.0. The van der Waals surface area contributed by atoms with E-state index in [0.717, 1.165) is 50.3 Å². The van der Waals surface area contributed by atoms with Gasteiger partial charge in [-0.3, -0.25) is 0 Å². The van der Waals surface area contributed by atoms with Gasteiger partial charge in [-0.2, -0.15) is 0 Å². The summed E-state index contributed by atoms with van der Waals surface area (Å²) in [4.78, 5) is 26.5. The second kappa shape index (κ2) is 39.0. The largest absolute Gasteiger partial charge is 0.507 e. The Morgan fingerprint density at radius 1 is 0.377 bits per heavy atom. The van der Waals surface area contributed by atoms with Crippen molar-refractivity contribution in [3.05, 3.63) is 47.5 Å². The van der Waals surface area contributed by atoms with Crippen LogP contribution in [0, 0.1) is 0 Å². The molecule has 0 aliphatic carbocycles. The second-order valence-corrected chi connectivity index (χ2v) is 18.8. The Labute approximate surface area is 378 Å². The minimum Gasteiger partial charge on any atom is -0.507 e. The van der Waals surface area contributed by atoms with Crippen molar-refractivity contribution in [2.24, 2.45) is 0 Å². The van der Waals surface area contributed by atoms with Gasteiger partial charge in [-0.05, 0) is 49.2 Å². The number of unbranched alkanes of at least 4 members (excludes halogenated alkanes) is 34. The molecule has 2 rings (SSSR count). The van der Waals surface area contributed by atoms with E-state index in [2.05, 4.69) is 13.8 Å². The molecule has 0 saturated heterocycles. The van der Waals surface area contributed by atoms with Gasteiger partial charge >= 0.3 is 11.9 Å². The van der Waals surface area contributed by atoms with Gasteiger partial charge in [0, 0.05) is 0 Å². The molecule has 0 unspecified atom stereocenters. The van der Waals surface area contributed by atoms with Crippen molar-refractivity contribution >= 4 is 23.7 Å². The molecule has 0 aromatic heterocycles. The summed E-state index contributed by atoms with van der Waals surface area (Å²) in [5.41, 5.74) is 0.671. The summed E-state index contributed by atoms with van der Waals surface area (Å²) in [7, 11) is 0. The Hall–Kier alpha value is -2.67. The molecular weight excluding hydrogens is 777 g/mol. The standard InChI is InChI=1S/C54H90O6S/c1-3-5-7-9-11-13-15-17-19-21-23-25-27-29-31-33-35-37-43-59-53(57)47-39-41-49(55)51(45-47)61-52-46-48(40-42-50(52)56)54(58)60-44-38-36-34-32-30-28-26-24-22-20-18-16-14-12-10-8-6-4-2/h39-42,45-46,55-56H,3-38,43-44H2,1-2H3. The van der Waals surface area contributed by atoms with Crippen LogP contribution in [0.4, 0.5) is 0 Å². The van der Waals surface area contributed by atoms with Gasteiger partial charge in [0.1, 0.15) is 11.5 Å². The summed E-state index contributed by atoms with van der Waals surface area (Å²) in [6.45, 7) is 5.29. The fourth-order valence-electron chi connectivity index (χ4n) is 8.07. The molecule has 0 heterocycles. The first kappa shape index (κ1) is 54.5. The molecule has 2 aromatic rings. The molecule has 0 spiro atoms. The van der Waals surface area contributed by atoms with Crippen LogP contribution in [0.5, 0.6) is 11.5 Å². The lowest BCUT2D eigenvalue weighted by Crippen LogP contribution is -2.07. The maximum atomic E-state index is 12.8. The zero-order valence-corrected chi connectivity index (χ0v) is 40.1. The van der Waals surface area contributed by atoms with E-state index in [4.69, 9.17) is 9.47 Å². The monoisotopic (exact) mass is 867 g/mol. The number of carbonyl (C=O) groups excluding carboxylic acids is 2. The Balaban J connectivity index is 1.52. The van der Waals surface area contributed by atoms with Gasteiger partial charge in [-0.1, -0.05) is 244 Å². The van der Waals surface area contributed by atoms with Gasteiger partial charge < -0.3 is 19.7 Å². The molecule has 0 amide bonds. The smallest absolute Gasteiger partial charge is 0.338 e. The number of esters is 2. The molecule has 2 N–H and O–H groups in total. The van der Waals surface area contributed by atoms with Crippen molar-refractivity contribution in [1.82, 2.24) is 0 Å². The van der Waals surface area contributed by atoms with E-state index in [-0.39, 0.29) is 11.5 Å². The molecule has 0 aliphatic rings. The van der Waals surface area contributed by atoms with Crippen LogP contribution >= 0.6 is 11.8 Å². The Morgan fingerprint density at radius 2 is 0.607 bits per heavy atom. The van der Waals surface area contributed by atoms with Gasteiger partial charge in [0.25, 0.3) is 0 Å². The molecular formula is C54H90O6S. The number of ether oxygens (including phenoxy) is 2. The fraction of sp³-hybridized carbons (Fsp3) is 0.741. The quantitative estimate of drug-likeness (QED) is 0.0507. The number of carbonyl (C=O) groups is 2. The van der Waals surface area contributed by atoms with Crippen LogP contribution < -0.4 is 0 Å². The fourth-order valence-corrected chi connectivity index (χ4v) is 9.02. The van der Waals surface area contributed by atoms with E-state index >= 15 is 0 Å². The van der Waals surface area contributed by atoms with Crippen LogP contribution in [-0.4, -0.2) is 35.4 Å². The first-order valence-corrected chi connectivity index (χ1v) is 26.5. The zero-order valence-electron chi connectivity index (χ0n) is 39.3. The molecule has 0 bridgehead atoms. The van der Waals surface area contributed by atoms with E-state index in [1.165, 1.54) is 205 Å². The van der Waals surface area contributed by atoms with Crippen molar-refractivity contribution in [2.75, 3.05) is 13.2 Å².